The van der Waals surface area contributed by atoms with Gasteiger partial charge in [0, 0.05) is 24.0 Å². The molecule has 3 rings (SSSR count). The smallest absolute Gasteiger partial charge is 0.243 e. The maximum Gasteiger partial charge on any atom is 0.243 e. The first-order chi connectivity index (χ1) is 14.2. The Morgan fingerprint density at radius 2 is 1.80 bits per heavy atom. The van der Waals surface area contributed by atoms with Crippen LogP contribution in [-0.4, -0.2) is 38.8 Å². The van der Waals surface area contributed by atoms with Gasteiger partial charge < -0.3 is 10.1 Å². The van der Waals surface area contributed by atoms with Crippen molar-refractivity contribution in [1.82, 2.24) is 9.62 Å². The molecule has 1 fully saturated rings. The lowest BCUT2D eigenvalue weighted by Gasteiger charge is -2.31. The number of amides is 1. The van der Waals surface area contributed by atoms with Gasteiger partial charge in [0.2, 0.25) is 15.9 Å². The highest BCUT2D eigenvalue weighted by molar-refractivity contribution is 7.89. The Morgan fingerprint density at radius 3 is 2.37 bits per heavy atom. The predicted octanol–water partition coefficient (Wildman–Crippen LogP) is 3.94. The number of hydrogen-bond donors (Lipinski definition) is 1. The Labute approximate surface area is 183 Å². The number of nitrogens with one attached hydrogen (secondary N) is 1. The number of carbonyl (C=O) groups excluding carboxylic acids is 1. The summed E-state index contributed by atoms with van der Waals surface area (Å²) in [4.78, 5) is 12.9. The molecule has 1 amide bonds. The van der Waals surface area contributed by atoms with Gasteiger partial charge >= 0.3 is 0 Å². The van der Waals surface area contributed by atoms with Crippen molar-refractivity contribution in [2.24, 2.45) is 5.92 Å². The van der Waals surface area contributed by atoms with Gasteiger partial charge in [0.15, 0.2) is 0 Å². The average Bonchev–Trinajstić information content (AvgIpc) is 2.74. The van der Waals surface area contributed by atoms with E-state index in [1.807, 2.05) is 26.0 Å². The number of piperidine rings is 1. The van der Waals surface area contributed by atoms with Crippen LogP contribution in [0.1, 0.15) is 36.9 Å². The molecule has 0 aliphatic carbocycles. The number of methoxy groups -OCH3 is 1. The first-order valence-corrected chi connectivity index (χ1v) is 11.7. The zero-order valence-electron chi connectivity index (χ0n) is 17.4. The van der Waals surface area contributed by atoms with Crippen LogP contribution < -0.4 is 10.1 Å². The molecular formula is C22H27ClN2O4S. The minimum atomic E-state index is -3.60. The van der Waals surface area contributed by atoms with E-state index >= 15 is 0 Å². The number of carbonyl (C=O) groups is 1. The number of aryl methyl sites for hydroxylation is 1. The highest BCUT2D eigenvalue weighted by Crippen LogP contribution is 2.27. The minimum absolute atomic E-state index is 0.0465. The molecule has 1 aliphatic heterocycles. The molecule has 1 aliphatic rings. The largest absolute Gasteiger partial charge is 0.496 e. The standard InChI is InChI=1S/C22H27ClN2O4S/c1-15-14-20(8-9-21(15)29-3)30(27,28)25-12-10-18(11-13-25)22(26)24-16(2)17-4-6-19(23)7-5-17/h4-9,14,16,18H,10-13H2,1-3H3,(H,24,26)/t16-/m0/s1. The van der Waals surface area contributed by atoms with E-state index in [2.05, 4.69) is 5.32 Å². The molecule has 0 unspecified atom stereocenters. The Kier molecular flexibility index (Phi) is 7.06. The molecule has 162 valence electrons. The van der Waals surface area contributed by atoms with Crippen LogP contribution in [0.25, 0.3) is 0 Å². The Morgan fingerprint density at radius 1 is 1.17 bits per heavy atom. The van der Waals surface area contributed by atoms with E-state index in [0.717, 1.165) is 11.1 Å². The van der Waals surface area contributed by atoms with Crippen molar-refractivity contribution in [2.45, 2.75) is 37.6 Å². The van der Waals surface area contributed by atoms with Gasteiger partial charge in [0.1, 0.15) is 5.75 Å². The third-order valence-electron chi connectivity index (χ3n) is 5.56. The monoisotopic (exact) mass is 450 g/mol. The second-order valence-electron chi connectivity index (χ2n) is 7.59. The van der Waals surface area contributed by atoms with Crippen molar-refractivity contribution in [3.05, 3.63) is 58.6 Å². The molecule has 0 spiro atoms. The number of ether oxygens (including phenoxy) is 1. The number of hydrogen-bond acceptors (Lipinski definition) is 4. The van der Waals surface area contributed by atoms with E-state index in [-0.39, 0.29) is 22.8 Å². The van der Waals surface area contributed by atoms with Gasteiger partial charge in [-0.3, -0.25) is 4.79 Å². The van der Waals surface area contributed by atoms with Crippen molar-refractivity contribution in [2.75, 3.05) is 20.2 Å². The maximum atomic E-state index is 13.0. The van der Waals surface area contributed by atoms with Crippen LogP contribution in [-0.2, 0) is 14.8 Å². The van der Waals surface area contributed by atoms with Crippen molar-refractivity contribution < 1.29 is 17.9 Å². The summed E-state index contributed by atoms with van der Waals surface area (Å²) in [5.41, 5.74) is 1.74. The van der Waals surface area contributed by atoms with Gasteiger partial charge in [-0.05, 0) is 68.1 Å². The molecule has 0 bridgehead atoms. The number of nitrogens with zero attached hydrogens (tertiary/aromatic N) is 1. The Balaban J connectivity index is 1.60. The van der Waals surface area contributed by atoms with Gasteiger partial charge in [0.25, 0.3) is 0 Å². The van der Waals surface area contributed by atoms with Crippen molar-refractivity contribution in [3.8, 4) is 5.75 Å². The van der Waals surface area contributed by atoms with E-state index < -0.39 is 10.0 Å². The molecule has 2 aromatic rings. The third kappa shape index (κ3) is 4.96. The quantitative estimate of drug-likeness (QED) is 0.723. The van der Waals surface area contributed by atoms with Crippen molar-refractivity contribution in [1.29, 1.82) is 0 Å². The first kappa shape index (κ1) is 22.6. The zero-order valence-corrected chi connectivity index (χ0v) is 19.0. The predicted molar refractivity (Wildman–Crippen MR) is 117 cm³/mol. The van der Waals surface area contributed by atoms with Gasteiger partial charge in [0.05, 0.1) is 18.0 Å². The van der Waals surface area contributed by atoms with E-state index in [4.69, 9.17) is 16.3 Å². The molecular weight excluding hydrogens is 424 g/mol. The van der Waals surface area contributed by atoms with Gasteiger partial charge in [-0.15, -0.1) is 0 Å². The number of benzene rings is 2. The fourth-order valence-electron chi connectivity index (χ4n) is 3.68. The summed E-state index contributed by atoms with van der Waals surface area (Å²) in [6, 6.07) is 12.1. The fourth-order valence-corrected chi connectivity index (χ4v) is 5.37. The van der Waals surface area contributed by atoms with E-state index in [1.54, 1.807) is 37.4 Å². The summed E-state index contributed by atoms with van der Waals surface area (Å²) in [5.74, 6) is 0.401. The van der Waals surface area contributed by atoms with Crippen molar-refractivity contribution >= 4 is 27.5 Å². The summed E-state index contributed by atoms with van der Waals surface area (Å²) in [6.45, 7) is 4.38. The van der Waals surface area contributed by atoms with Crippen LogP contribution in [0.15, 0.2) is 47.4 Å². The topological polar surface area (TPSA) is 75.7 Å². The second-order valence-corrected chi connectivity index (χ2v) is 9.97. The van der Waals surface area contributed by atoms with Crippen LogP contribution in [0.5, 0.6) is 5.75 Å². The molecule has 1 saturated heterocycles. The van der Waals surface area contributed by atoms with Crippen LogP contribution in [0.3, 0.4) is 0 Å². The summed E-state index contributed by atoms with van der Waals surface area (Å²) in [5, 5.41) is 3.68. The summed E-state index contributed by atoms with van der Waals surface area (Å²) in [7, 11) is -2.04. The molecule has 0 radical (unpaired) electrons. The molecule has 30 heavy (non-hydrogen) atoms. The average molecular weight is 451 g/mol. The third-order valence-corrected chi connectivity index (χ3v) is 7.70. The molecule has 0 aromatic heterocycles. The van der Waals surface area contributed by atoms with Crippen molar-refractivity contribution in [3.63, 3.8) is 0 Å². The SMILES string of the molecule is COc1ccc(S(=O)(=O)N2CCC(C(=O)N[C@@H](C)c3ccc(Cl)cc3)CC2)cc1C. The van der Waals surface area contributed by atoms with Crippen LogP contribution >= 0.6 is 11.6 Å². The van der Waals surface area contributed by atoms with Gasteiger partial charge in [-0.2, -0.15) is 4.31 Å². The Bertz CT molecular complexity index is 1000. The second kappa shape index (κ2) is 9.37. The normalized spacial score (nSPS) is 16.8. The van der Waals surface area contributed by atoms with Gasteiger partial charge in [-0.1, -0.05) is 23.7 Å². The number of halogens is 1. The highest BCUT2D eigenvalue weighted by Gasteiger charge is 2.32. The summed E-state index contributed by atoms with van der Waals surface area (Å²) < 4.78 is 32.6. The van der Waals surface area contributed by atoms with Gasteiger partial charge in [-0.25, -0.2) is 8.42 Å². The van der Waals surface area contributed by atoms with Crippen LogP contribution in [0.4, 0.5) is 0 Å². The first-order valence-electron chi connectivity index (χ1n) is 9.93. The fraction of sp³-hybridized carbons (Fsp3) is 0.409. The molecule has 6 nitrogen and oxygen atoms in total. The molecule has 1 N–H and O–H groups in total. The summed E-state index contributed by atoms with van der Waals surface area (Å²) >= 11 is 5.91. The number of rotatable bonds is 6. The van der Waals surface area contributed by atoms with Crippen LogP contribution in [0.2, 0.25) is 5.02 Å². The molecule has 8 heteroatoms. The van der Waals surface area contributed by atoms with Crippen LogP contribution in [0, 0.1) is 12.8 Å². The van der Waals surface area contributed by atoms with E-state index in [9.17, 15) is 13.2 Å². The Hall–Kier alpha value is -2.09. The molecule has 0 saturated carbocycles. The summed E-state index contributed by atoms with van der Waals surface area (Å²) in [6.07, 6.45) is 0.987. The van der Waals surface area contributed by atoms with E-state index in [1.165, 1.54) is 4.31 Å². The lowest BCUT2D eigenvalue weighted by atomic mass is 9.96. The molecule has 1 atom stereocenters. The lowest BCUT2D eigenvalue weighted by Crippen LogP contribution is -2.43. The number of sulfonamides is 1. The highest BCUT2D eigenvalue weighted by atomic mass is 35.5. The zero-order chi connectivity index (χ0) is 21.9. The minimum Gasteiger partial charge on any atom is -0.496 e. The molecule has 2 aromatic carbocycles. The lowest BCUT2D eigenvalue weighted by molar-refractivity contribution is -0.126. The van der Waals surface area contributed by atoms with E-state index in [0.29, 0.717) is 36.7 Å². The molecule has 1 heterocycles. The maximum absolute atomic E-state index is 13.0.